The summed E-state index contributed by atoms with van der Waals surface area (Å²) in [6.45, 7) is 0.935. The number of halogens is 1. The van der Waals surface area contributed by atoms with Crippen LogP contribution in [0.15, 0.2) is 22.6 Å². The Hall–Kier alpha value is -1.10. The summed E-state index contributed by atoms with van der Waals surface area (Å²) in [7, 11) is 0. The zero-order valence-corrected chi connectivity index (χ0v) is 8.71. The molecule has 2 heterocycles. The van der Waals surface area contributed by atoms with E-state index in [9.17, 15) is 0 Å². The van der Waals surface area contributed by atoms with E-state index in [1.54, 1.807) is 6.07 Å². The Morgan fingerprint density at radius 1 is 1.47 bits per heavy atom. The maximum absolute atomic E-state index is 5.87. The zero-order valence-electron chi connectivity index (χ0n) is 7.96. The molecule has 1 aromatic heterocycles. The fourth-order valence-electron chi connectivity index (χ4n) is 1.73. The molecule has 4 nitrogen and oxygen atoms in total. The van der Waals surface area contributed by atoms with Gasteiger partial charge in [-0.15, -0.1) is 0 Å². The minimum atomic E-state index is 0.163. The highest BCUT2D eigenvalue weighted by atomic mass is 35.5. The van der Waals surface area contributed by atoms with Gasteiger partial charge in [0, 0.05) is 17.6 Å². The normalized spacial score (nSPS) is 21.3. The van der Waals surface area contributed by atoms with E-state index in [2.05, 4.69) is 15.8 Å². The number of nitrogens with zero attached hydrogens (tertiary/aromatic N) is 1. The van der Waals surface area contributed by atoms with Crippen LogP contribution in [0, 0.1) is 0 Å². The maximum atomic E-state index is 5.87. The highest BCUT2D eigenvalue weighted by Crippen LogP contribution is 2.25. The summed E-state index contributed by atoms with van der Waals surface area (Å²) >= 11 is 5.87. The molecule has 1 atom stereocenters. The topological polar surface area (TPSA) is 50.1 Å². The van der Waals surface area contributed by atoms with Crippen LogP contribution in [-0.2, 0) is 0 Å². The summed E-state index contributed by atoms with van der Waals surface area (Å²) in [4.78, 5) is 4.41. The summed E-state index contributed by atoms with van der Waals surface area (Å²) in [6.07, 6.45) is 0.987. The van der Waals surface area contributed by atoms with Crippen molar-refractivity contribution in [3.63, 3.8) is 0 Å². The van der Waals surface area contributed by atoms with E-state index >= 15 is 0 Å². The minimum absolute atomic E-state index is 0.163. The second kappa shape index (κ2) is 3.48. The van der Waals surface area contributed by atoms with Crippen LogP contribution >= 0.6 is 11.6 Å². The molecule has 0 bridgehead atoms. The van der Waals surface area contributed by atoms with Gasteiger partial charge in [0.2, 0.25) is 5.89 Å². The summed E-state index contributed by atoms with van der Waals surface area (Å²) in [6, 6.07) is 5.63. The number of fused-ring (bicyclic) bond motifs is 1. The predicted molar refractivity (Wildman–Crippen MR) is 57.5 cm³/mol. The third-order valence-corrected chi connectivity index (χ3v) is 2.73. The first-order valence-electron chi connectivity index (χ1n) is 4.87. The Balaban J connectivity index is 2.05. The molecule has 0 radical (unpaired) electrons. The van der Waals surface area contributed by atoms with Gasteiger partial charge in [-0.3, -0.25) is 5.43 Å². The third-order valence-electron chi connectivity index (χ3n) is 2.50. The average Bonchev–Trinajstić information content (AvgIpc) is 2.84. The van der Waals surface area contributed by atoms with E-state index in [0.29, 0.717) is 5.02 Å². The Morgan fingerprint density at radius 2 is 2.40 bits per heavy atom. The van der Waals surface area contributed by atoms with Gasteiger partial charge in [0.25, 0.3) is 0 Å². The van der Waals surface area contributed by atoms with Gasteiger partial charge in [0.05, 0.1) is 6.04 Å². The first-order chi connectivity index (χ1) is 7.33. The van der Waals surface area contributed by atoms with Crippen LogP contribution in [0.4, 0.5) is 0 Å². The van der Waals surface area contributed by atoms with Crippen LogP contribution in [0.3, 0.4) is 0 Å². The lowest BCUT2D eigenvalue weighted by Crippen LogP contribution is -2.24. The summed E-state index contributed by atoms with van der Waals surface area (Å²) in [5.41, 5.74) is 7.75. The van der Waals surface area contributed by atoms with E-state index in [0.717, 1.165) is 30.0 Å². The number of rotatable bonds is 1. The second-order valence-corrected chi connectivity index (χ2v) is 4.01. The lowest BCUT2D eigenvalue weighted by Gasteiger charge is -2.01. The molecule has 78 valence electrons. The van der Waals surface area contributed by atoms with Gasteiger partial charge in [-0.2, -0.15) is 0 Å². The van der Waals surface area contributed by atoms with Gasteiger partial charge in [0.1, 0.15) is 5.52 Å². The van der Waals surface area contributed by atoms with Crippen LogP contribution in [-0.4, -0.2) is 11.5 Å². The molecular weight excluding hydrogens is 214 g/mol. The second-order valence-electron chi connectivity index (χ2n) is 3.58. The van der Waals surface area contributed by atoms with Crippen LogP contribution in [0.1, 0.15) is 18.4 Å². The Bertz CT molecular complexity index is 490. The minimum Gasteiger partial charge on any atom is -0.439 e. The van der Waals surface area contributed by atoms with Gasteiger partial charge in [0.15, 0.2) is 5.58 Å². The molecule has 1 aliphatic rings. The Labute approximate surface area is 91.6 Å². The van der Waals surface area contributed by atoms with Crippen molar-refractivity contribution in [2.45, 2.75) is 12.5 Å². The van der Waals surface area contributed by atoms with E-state index in [1.165, 1.54) is 0 Å². The highest BCUT2D eigenvalue weighted by molar-refractivity contribution is 6.31. The number of nitrogens with one attached hydrogen (secondary N) is 2. The van der Waals surface area contributed by atoms with Crippen molar-refractivity contribution < 1.29 is 4.42 Å². The van der Waals surface area contributed by atoms with Crippen molar-refractivity contribution in [2.24, 2.45) is 0 Å². The standard InChI is InChI=1S/C10H10ClN3O/c11-6-1-2-7-9(5-6)15-10(13-7)8-3-4-12-14-8/h1-2,5,8,12,14H,3-4H2. The van der Waals surface area contributed by atoms with E-state index in [4.69, 9.17) is 16.0 Å². The molecular formula is C10H10ClN3O. The monoisotopic (exact) mass is 223 g/mol. The quantitative estimate of drug-likeness (QED) is 0.777. The summed E-state index contributed by atoms with van der Waals surface area (Å²) in [5, 5.41) is 0.669. The Kier molecular flexibility index (Phi) is 2.12. The van der Waals surface area contributed by atoms with Crippen LogP contribution < -0.4 is 10.9 Å². The van der Waals surface area contributed by atoms with Crippen LogP contribution in [0.5, 0.6) is 0 Å². The van der Waals surface area contributed by atoms with E-state index < -0.39 is 0 Å². The number of hydrazine groups is 1. The van der Waals surface area contributed by atoms with Gasteiger partial charge in [-0.1, -0.05) is 11.6 Å². The molecule has 5 heteroatoms. The number of hydrogen-bond acceptors (Lipinski definition) is 4. The first-order valence-corrected chi connectivity index (χ1v) is 5.25. The van der Waals surface area contributed by atoms with Gasteiger partial charge in [-0.25, -0.2) is 10.4 Å². The van der Waals surface area contributed by atoms with Crippen molar-refractivity contribution in [1.82, 2.24) is 15.8 Å². The SMILES string of the molecule is Clc1ccc2nc(C3CCNN3)oc2c1. The van der Waals surface area contributed by atoms with Gasteiger partial charge >= 0.3 is 0 Å². The smallest absolute Gasteiger partial charge is 0.214 e. The molecule has 1 fully saturated rings. The van der Waals surface area contributed by atoms with Crippen LogP contribution in [0.25, 0.3) is 11.1 Å². The molecule has 3 rings (SSSR count). The number of hydrogen-bond donors (Lipinski definition) is 2. The van der Waals surface area contributed by atoms with Crippen molar-refractivity contribution in [1.29, 1.82) is 0 Å². The van der Waals surface area contributed by atoms with Gasteiger partial charge in [-0.05, 0) is 18.6 Å². The van der Waals surface area contributed by atoms with Crippen molar-refractivity contribution in [3.05, 3.63) is 29.1 Å². The highest BCUT2D eigenvalue weighted by Gasteiger charge is 2.21. The molecule has 0 saturated carbocycles. The molecule has 0 aliphatic carbocycles. The predicted octanol–water partition coefficient (Wildman–Crippen LogP) is 2.02. The first kappa shape index (κ1) is 9.15. The summed E-state index contributed by atoms with van der Waals surface area (Å²) < 4.78 is 5.63. The summed E-state index contributed by atoms with van der Waals surface area (Å²) in [5.74, 6) is 0.720. The fraction of sp³-hybridized carbons (Fsp3) is 0.300. The Morgan fingerprint density at radius 3 is 3.20 bits per heavy atom. The zero-order chi connectivity index (χ0) is 10.3. The molecule has 1 saturated heterocycles. The van der Waals surface area contributed by atoms with E-state index in [1.807, 2.05) is 12.1 Å². The molecule has 2 N–H and O–H groups in total. The van der Waals surface area contributed by atoms with Gasteiger partial charge < -0.3 is 4.42 Å². The van der Waals surface area contributed by atoms with Crippen molar-refractivity contribution >= 4 is 22.7 Å². The largest absolute Gasteiger partial charge is 0.439 e. The molecule has 0 spiro atoms. The van der Waals surface area contributed by atoms with E-state index in [-0.39, 0.29) is 6.04 Å². The number of benzene rings is 1. The number of oxazole rings is 1. The van der Waals surface area contributed by atoms with Crippen molar-refractivity contribution in [3.8, 4) is 0 Å². The van der Waals surface area contributed by atoms with Crippen LogP contribution in [0.2, 0.25) is 5.02 Å². The maximum Gasteiger partial charge on any atom is 0.214 e. The molecule has 0 amide bonds. The molecule has 15 heavy (non-hydrogen) atoms. The third kappa shape index (κ3) is 1.61. The number of aromatic nitrogens is 1. The lowest BCUT2D eigenvalue weighted by atomic mass is 10.2. The fourth-order valence-corrected chi connectivity index (χ4v) is 1.90. The molecule has 1 unspecified atom stereocenters. The molecule has 1 aromatic carbocycles. The average molecular weight is 224 g/mol. The lowest BCUT2D eigenvalue weighted by molar-refractivity contribution is 0.437. The molecule has 1 aliphatic heterocycles. The molecule has 2 aromatic rings. The van der Waals surface area contributed by atoms with Crippen molar-refractivity contribution in [2.75, 3.05) is 6.54 Å².